The lowest BCUT2D eigenvalue weighted by Gasteiger charge is -2.10. The molecule has 96 valence electrons. The van der Waals surface area contributed by atoms with Crippen LogP contribution in [0.4, 0.5) is 5.69 Å². The van der Waals surface area contributed by atoms with Crippen molar-refractivity contribution >= 4 is 44.1 Å². The molecule has 3 rings (SSSR count). The molecule has 19 heavy (non-hydrogen) atoms. The van der Waals surface area contributed by atoms with Gasteiger partial charge >= 0.3 is 0 Å². The second-order valence-corrected chi connectivity index (χ2v) is 5.88. The minimum Gasteiger partial charge on any atom is -0.442 e. The molecule has 0 atom stereocenters. The quantitative estimate of drug-likeness (QED) is 0.688. The number of halogens is 1. The highest BCUT2D eigenvalue weighted by Crippen LogP contribution is 2.38. The molecule has 0 bridgehead atoms. The summed E-state index contributed by atoms with van der Waals surface area (Å²) in [4.78, 5) is 0. The highest BCUT2D eigenvalue weighted by molar-refractivity contribution is 9.10. The smallest absolute Gasteiger partial charge is 0.208 e. The Balaban J connectivity index is 2.06. The summed E-state index contributed by atoms with van der Waals surface area (Å²) < 4.78 is 11.3. The van der Waals surface area contributed by atoms with Crippen molar-refractivity contribution in [3.8, 4) is 10.8 Å². The monoisotopic (exact) mass is 334 g/mol. The standard InChI is InChI=1S/C14H11BrN2OS/c1-8-6-9(15)7-11(16)13(8)18-14-10-4-2-3-5-12(10)17-19-14/h2-7H,16H2,1H3. The lowest BCUT2D eigenvalue weighted by Crippen LogP contribution is -1.94. The van der Waals surface area contributed by atoms with E-state index in [2.05, 4.69) is 20.3 Å². The fourth-order valence-electron chi connectivity index (χ4n) is 1.93. The Morgan fingerprint density at radius 1 is 1.26 bits per heavy atom. The zero-order valence-electron chi connectivity index (χ0n) is 10.2. The van der Waals surface area contributed by atoms with Crippen molar-refractivity contribution in [1.82, 2.24) is 4.37 Å². The topological polar surface area (TPSA) is 48.1 Å². The van der Waals surface area contributed by atoms with E-state index in [0.717, 1.165) is 26.0 Å². The molecule has 1 aromatic heterocycles. The maximum atomic E-state index is 6.01. The number of nitrogens with zero attached hydrogens (tertiary/aromatic N) is 1. The molecule has 1 heterocycles. The fraction of sp³-hybridized carbons (Fsp3) is 0.0714. The highest BCUT2D eigenvalue weighted by atomic mass is 79.9. The van der Waals surface area contributed by atoms with E-state index in [1.165, 1.54) is 11.5 Å². The zero-order valence-corrected chi connectivity index (χ0v) is 12.6. The number of benzene rings is 2. The van der Waals surface area contributed by atoms with E-state index in [4.69, 9.17) is 10.5 Å². The van der Waals surface area contributed by atoms with Gasteiger partial charge in [0.1, 0.15) is 0 Å². The van der Waals surface area contributed by atoms with Crippen LogP contribution in [0.3, 0.4) is 0 Å². The van der Waals surface area contributed by atoms with Crippen molar-refractivity contribution in [3.05, 3.63) is 46.4 Å². The fourth-order valence-corrected chi connectivity index (χ4v) is 3.25. The van der Waals surface area contributed by atoms with E-state index in [-0.39, 0.29) is 0 Å². The molecule has 0 spiro atoms. The van der Waals surface area contributed by atoms with Gasteiger partial charge in [-0.15, -0.1) is 0 Å². The van der Waals surface area contributed by atoms with Gasteiger partial charge in [-0.25, -0.2) is 0 Å². The van der Waals surface area contributed by atoms with Crippen LogP contribution < -0.4 is 10.5 Å². The van der Waals surface area contributed by atoms with Crippen molar-refractivity contribution in [1.29, 1.82) is 0 Å². The summed E-state index contributed by atoms with van der Waals surface area (Å²) in [7, 11) is 0. The molecular weight excluding hydrogens is 324 g/mol. The van der Waals surface area contributed by atoms with Crippen molar-refractivity contribution in [2.24, 2.45) is 0 Å². The van der Waals surface area contributed by atoms with Crippen LogP contribution in [0.5, 0.6) is 10.8 Å². The SMILES string of the molecule is Cc1cc(Br)cc(N)c1Oc1snc2ccccc12. The summed E-state index contributed by atoms with van der Waals surface area (Å²) in [5.41, 5.74) is 8.56. The first-order valence-corrected chi connectivity index (χ1v) is 7.29. The Labute approximate surface area is 123 Å². The number of anilines is 1. The number of rotatable bonds is 2. The molecule has 0 fully saturated rings. The molecule has 0 aliphatic carbocycles. The Morgan fingerprint density at radius 3 is 2.84 bits per heavy atom. The van der Waals surface area contributed by atoms with Crippen LogP contribution in [0.25, 0.3) is 10.9 Å². The van der Waals surface area contributed by atoms with E-state index in [0.29, 0.717) is 11.4 Å². The molecule has 5 heteroatoms. The average Bonchev–Trinajstić information content (AvgIpc) is 2.77. The van der Waals surface area contributed by atoms with E-state index in [1.807, 2.05) is 43.3 Å². The van der Waals surface area contributed by atoms with Gasteiger partial charge < -0.3 is 10.5 Å². The zero-order chi connectivity index (χ0) is 13.4. The van der Waals surface area contributed by atoms with Crippen LogP contribution in [-0.4, -0.2) is 4.37 Å². The van der Waals surface area contributed by atoms with Crippen LogP contribution in [0.1, 0.15) is 5.56 Å². The molecule has 3 aromatic rings. The first-order chi connectivity index (χ1) is 9.15. The van der Waals surface area contributed by atoms with E-state index < -0.39 is 0 Å². The van der Waals surface area contributed by atoms with Gasteiger partial charge in [-0.3, -0.25) is 0 Å². The molecular formula is C14H11BrN2OS. The maximum Gasteiger partial charge on any atom is 0.208 e. The molecule has 0 aliphatic rings. The molecule has 0 saturated heterocycles. The summed E-state index contributed by atoms with van der Waals surface area (Å²) in [5, 5.41) is 1.78. The molecule has 0 amide bonds. The number of aryl methyl sites for hydroxylation is 1. The van der Waals surface area contributed by atoms with Gasteiger partial charge in [0.25, 0.3) is 0 Å². The third kappa shape index (κ3) is 2.31. The normalized spacial score (nSPS) is 10.8. The predicted molar refractivity (Wildman–Crippen MR) is 83.0 cm³/mol. The van der Waals surface area contributed by atoms with Crippen molar-refractivity contribution in [2.45, 2.75) is 6.92 Å². The van der Waals surface area contributed by atoms with Crippen molar-refractivity contribution in [3.63, 3.8) is 0 Å². The van der Waals surface area contributed by atoms with Crippen LogP contribution in [-0.2, 0) is 0 Å². The van der Waals surface area contributed by atoms with E-state index in [1.54, 1.807) is 0 Å². The van der Waals surface area contributed by atoms with E-state index in [9.17, 15) is 0 Å². The van der Waals surface area contributed by atoms with Gasteiger partial charge in [0.2, 0.25) is 5.06 Å². The molecule has 0 aliphatic heterocycles. The summed E-state index contributed by atoms with van der Waals surface area (Å²) in [5.74, 6) is 0.692. The molecule has 2 N–H and O–H groups in total. The lowest BCUT2D eigenvalue weighted by atomic mass is 10.2. The van der Waals surface area contributed by atoms with Gasteiger partial charge in [0.15, 0.2) is 5.75 Å². The van der Waals surface area contributed by atoms with Crippen LogP contribution in [0, 0.1) is 6.92 Å². The summed E-state index contributed by atoms with van der Waals surface area (Å²) >= 11 is 4.76. The number of hydrogen-bond acceptors (Lipinski definition) is 4. The molecule has 0 saturated carbocycles. The molecule has 0 radical (unpaired) electrons. The Bertz CT molecular complexity index is 731. The average molecular weight is 335 g/mol. The van der Waals surface area contributed by atoms with Gasteiger partial charge in [0.05, 0.1) is 16.6 Å². The Kier molecular flexibility index (Phi) is 3.16. The molecule has 2 aromatic carbocycles. The van der Waals surface area contributed by atoms with Crippen LogP contribution in [0.2, 0.25) is 0 Å². The van der Waals surface area contributed by atoms with Gasteiger partial charge in [-0.2, -0.15) is 4.37 Å². The predicted octanol–water partition coefficient (Wildman–Crippen LogP) is 4.74. The van der Waals surface area contributed by atoms with Crippen LogP contribution >= 0.6 is 27.5 Å². The number of aromatic nitrogens is 1. The summed E-state index contributed by atoms with van der Waals surface area (Å²) in [6.45, 7) is 1.97. The third-order valence-corrected chi connectivity index (χ3v) is 4.03. The number of ether oxygens (including phenoxy) is 1. The van der Waals surface area contributed by atoms with Crippen molar-refractivity contribution in [2.75, 3.05) is 5.73 Å². The van der Waals surface area contributed by atoms with Gasteiger partial charge in [-0.05, 0) is 36.8 Å². The number of nitrogen functional groups attached to an aromatic ring is 1. The van der Waals surface area contributed by atoms with E-state index >= 15 is 0 Å². The first kappa shape index (κ1) is 12.4. The van der Waals surface area contributed by atoms with Crippen molar-refractivity contribution < 1.29 is 4.74 Å². The minimum absolute atomic E-state index is 0.615. The van der Waals surface area contributed by atoms with Gasteiger partial charge in [0, 0.05) is 16.0 Å². The van der Waals surface area contributed by atoms with Crippen LogP contribution in [0.15, 0.2) is 40.9 Å². The molecule has 3 nitrogen and oxygen atoms in total. The second-order valence-electron chi connectivity index (χ2n) is 4.23. The molecule has 0 unspecified atom stereocenters. The first-order valence-electron chi connectivity index (χ1n) is 5.73. The number of hydrogen-bond donors (Lipinski definition) is 1. The number of fused-ring (bicyclic) bond motifs is 1. The lowest BCUT2D eigenvalue weighted by molar-refractivity contribution is 0.500. The summed E-state index contributed by atoms with van der Waals surface area (Å²) in [6.07, 6.45) is 0. The Hall–Kier alpha value is -1.59. The third-order valence-electron chi connectivity index (χ3n) is 2.81. The largest absolute Gasteiger partial charge is 0.442 e. The highest BCUT2D eigenvalue weighted by Gasteiger charge is 2.12. The Morgan fingerprint density at radius 2 is 2.05 bits per heavy atom. The maximum absolute atomic E-state index is 6.01. The minimum atomic E-state index is 0.615. The number of nitrogens with two attached hydrogens (primary N) is 1. The summed E-state index contributed by atoms with van der Waals surface area (Å²) in [6, 6.07) is 11.7. The van der Waals surface area contributed by atoms with Gasteiger partial charge in [-0.1, -0.05) is 28.1 Å². The second kappa shape index (κ2) is 4.83.